The molecule has 0 aliphatic rings. The van der Waals surface area contributed by atoms with Crippen molar-refractivity contribution in [3.63, 3.8) is 0 Å². The fraction of sp³-hybridized carbons (Fsp3) is 0.0625. The van der Waals surface area contributed by atoms with Crippen LogP contribution in [0.2, 0.25) is 0 Å². The van der Waals surface area contributed by atoms with E-state index in [1.165, 1.54) is 4.68 Å². The Morgan fingerprint density at radius 2 is 1.88 bits per heavy atom. The van der Waals surface area contributed by atoms with Gasteiger partial charge >= 0.3 is 11.3 Å². The zero-order chi connectivity index (χ0) is 17.1. The van der Waals surface area contributed by atoms with E-state index in [2.05, 4.69) is 26.2 Å². The Morgan fingerprint density at radius 1 is 1.21 bits per heavy atom. The Morgan fingerprint density at radius 3 is 2.50 bits per heavy atom. The van der Waals surface area contributed by atoms with E-state index in [4.69, 9.17) is 9.26 Å². The highest BCUT2D eigenvalue weighted by Crippen LogP contribution is 2.17. The third kappa shape index (κ3) is 3.23. The van der Waals surface area contributed by atoms with Crippen molar-refractivity contribution >= 4 is 27.5 Å². The number of H-pyrrole nitrogens is 1. The molecular formula is C16H12BrN3O4. The lowest BCUT2D eigenvalue weighted by Crippen LogP contribution is -2.44. The van der Waals surface area contributed by atoms with Crippen LogP contribution in [0.1, 0.15) is 5.69 Å². The lowest BCUT2D eigenvalue weighted by molar-refractivity contribution is -0.673. The molecule has 0 bridgehead atoms. The molecule has 1 N–H and O–H groups in total. The Balaban J connectivity index is 2.03. The smallest absolute Gasteiger partial charge is 0.436 e. The fourth-order valence-corrected chi connectivity index (χ4v) is 2.32. The van der Waals surface area contributed by atoms with Crippen molar-refractivity contribution < 1.29 is 19.0 Å². The number of benzene rings is 2. The third-order valence-corrected chi connectivity index (χ3v) is 3.77. The predicted octanol–water partition coefficient (Wildman–Crippen LogP) is 1.45. The summed E-state index contributed by atoms with van der Waals surface area (Å²) in [5.74, 6) is -0.0549. The van der Waals surface area contributed by atoms with Gasteiger partial charge in [-0.2, -0.15) is 0 Å². The third-order valence-electron chi connectivity index (χ3n) is 3.24. The monoisotopic (exact) mass is 389 g/mol. The van der Waals surface area contributed by atoms with Crippen molar-refractivity contribution in [2.45, 2.75) is 0 Å². The number of aromatic nitrogens is 2. The van der Waals surface area contributed by atoms with Gasteiger partial charge < -0.3 is 9.84 Å². The van der Waals surface area contributed by atoms with E-state index in [0.29, 0.717) is 17.1 Å². The molecule has 1 aromatic heterocycles. The molecule has 0 amide bonds. The molecule has 0 spiro atoms. The number of rotatable bonds is 4. The summed E-state index contributed by atoms with van der Waals surface area (Å²) >= 11 is 3.30. The van der Waals surface area contributed by atoms with E-state index < -0.39 is 11.5 Å². The second-order valence-electron chi connectivity index (χ2n) is 4.76. The molecule has 2 aromatic carbocycles. The highest BCUT2D eigenvalue weighted by atomic mass is 79.9. The van der Waals surface area contributed by atoms with Crippen molar-refractivity contribution in [2.75, 3.05) is 7.11 Å². The van der Waals surface area contributed by atoms with Gasteiger partial charge in [0, 0.05) is 16.6 Å². The molecule has 0 aliphatic carbocycles. The van der Waals surface area contributed by atoms with E-state index in [9.17, 15) is 9.90 Å². The summed E-state index contributed by atoms with van der Waals surface area (Å²) in [5.41, 5.74) is -0.0409. The molecule has 8 heteroatoms. The van der Waals surface area contributed by atoms with Gasteiger partial charge in [0.25, 0.3) is 0 Å². The van der Waals surface area contributed by atoms with Gasteiger partial charge in [-0.25, -0.2) is 4.79 Å². The van der Waals surface area contributed by atoms with Crippen LogP contribution >= 0.6 is 15.9 Å². The maximum absolute atomic E-state index is 12.4. The van der Waals surface area contributed by atoms with E-state index >= 15 is 0 Å². The molecule has 122 valence electrons. The number of hydrogen-bond donors (Lipinski definition) is 1. The maximum atomic E-state index is 12.4. The summed E-state index contributed by atoms with van der Waals surface area (Å²) in [7, 11) is 1.55. The zero-order valence-corrected chi connectivity index (χ0v) is 14.1. The van der Waals surface area contributed by atoms with Gasteiger partial charge in [0.1, 0.15) is 5.75 Å². The predicted molar refractivity (Wildman–Crippen MR) is 87.8 cm³/mol. The van der Waals surface area contributed by atoms with E-state index in [1.807, 2.05) is 0 Å². The molecule has 0 saturated carbocycles. The van der Waals surface area contributed by atoms with Gasteiger partial charge in [-0.05, 0) is 46.4 Å². The van der Waals surface area contributed by atoms with Crippen LogP contribution in [0.15, 0.2) is 67.3 Å². The van der Waals surface area contributed by atoms with Gasteiger partial charge in [0.05, 0.1) is 18.7 Å². The zero-order valence-electron chi connectivity index (χ0n) is 12.5. The van der Waals surface area contributed by atoms with Crippen LogP contribution < -0.4 is 20.2 Å². The molecular weight excluding hydrogens is 378 g/mol. The van der Waals surface area contributed by atoms with E-state index in [1.54, 1.807) is 55.6 Å². The van der Waals surface area contributed by atoms with Crippen molar-refractivity contribution in [2.24, 2.45) is 4.99 Å². The van der Waals surface area contributed by atoms with Gasteiger partial charge in [-0.1, -0.05) is 15.9 Å². The van der Waals surface area contributed by atoms with Crippen LogP contribution in [0.3, 0.4) is 0 Å². The summed E-state index contributed by atoms with van der Waals surface area (Å²) in [6.45, 7) is 0. The average Bonchev–Trinajstić information content (AvgIpc) is 2.98. The molecule has 0 fully saturated rings. The molecule has 0 aliphatic heterocycles. The first-order valence-corrected chi connectivity index (χ1v) is 7.67. The Labute approximate surface area is 144 Å². The number of aliphatic imine (C=N–C) groups is 1. The standard InChI is InChI=1S/C16H12BrN3O4/c1-23-13-8-6-12(7-9-13)20-14(16(22)24-19-20)15(21)18-11-4-2-10(17)3-5-11/h2-9H,1H3,(H-,18,19,21,22). The van der Waals surface area contributed by atoms with Gasteiger partial charge in [-0.3, -0.25) is 9.52 Å². The number of aromatic amines is 1. The minimum Gasteiger partial charge on any atom is -0.854 e. The Hall–Kier alpha value is -2.87. The summed E-state index contributed by atoms with van der Waals surface area (Å²) in [5, 5.41) is 14.8. The Bertz CT molecular complexity index is 927. The minimum absolute atomic E-state index is 0.219. The maximum Gasteiger partial charge on any atom is 0.436 e. The molecule has 7 nitrogen and oxygen atoms in total. The first-order valence-electron chi connectivity index (χ1n) is 6.88. The van der Waals surface area contributed by atoms with Crippen LogP contribution in [-0.4, -0.2) is 18.3 Å². The highest BCUT2D eigenvalue weighted by molar-refractivity contribution is 9.10. The summed E-state index contributed by atoms with van der Waals surface area (Å²) < 4.78 is 11.9. The number of ether oxygens (including phenoxy) is 1. The van der Waals surface area contributed by atoms with Crippen molar-refractivity contribution in [3.05, 3.63) is 69.1 Å². The first-order chi connectivity index (χ1) is 11.6. The van der Waals surface area contributed by atoms with Crippen LogP contribution in [-0.2, 0) is 0 Å². The van der Waals surface area contributed by atoms with Crippen molar-refractivity contribution in [1.82, 2.24) is 5.27 Å². The molecule has 3 aromatic rings. The first kappa shape index (κ1) is 16.0. The number of methoxy groups -OCH3 is 1. The SMILES string of the molecule is COc1ccc(-[n+]2[nH]oc(=O)c2C([O-])=Nc2ccc(Br)cc2)cc1. The van der Waals surface area contributed by atoms with Gasteiger partial charge in [0.15, 0.2) is 0 Å². The van der Waals surface area contributed by atoms with E-state index in [-0.39, 0.29) is 5.69 Å². The molecule has 3 rings (SSSR count). The fourth-order valence-electron chi connectivity index (χ4n) is 2.05. The largest absolute Gasteiger partial charge is 0.854 e. The summed E-state index contributed by atoms with van der Waals surface area (Å²) in [6, 6.07) is 13.6. The highest BCUT2D eigenvalue weighted by Gasteiger charge is 2.23. The number of nitrogens with zero attached hydrogens (tertiary/aromatic N) is 2. The van der Waals surface area contributed by atoms with Crippen molar-refractivity contribution in [3.8, 4) is 11.4 Å². The number of halogens is 1. The van der Waals surface area contributed by atoms with Gasteiger partial charge in [-0.15, -0.1) is 0 Å². The molecule has 1 heterocycles. The average molecular weight is 390 g/mol. The van der Waals surface area contributed by atoms with Crippen LogP contribution in [0.5, 0.6) is 5.75 Å². The summed E-state index contributed by atoms with van der Waals surface area (Å²) in [6.07, 6.45) is 0. The summed E-state index contributed by atoms with van der Waals surface area (Å²) in [4.78, 5) is 15.8. The lowest BCUT2D eigenvalue weighted by atomic mass is 10.3. The molecule has 0 saturated heterocycles. The Kier molecular flexibility index (Phi) is 4.48. The van der Waals surface area contributed by atoms with Crippen LogP contribution in [0.25, 0.3) is 5.69 Å². The second-order valence-corrected chi connectivity index (χ2v) is 5.67. The molecule has 24 heavy (non-hydrogen) atoms. The van der Waals surface area contributed by atoms with Gasteiger partial charge in [0.2, 0.25) is 5.69 Å². The van der Waals surface area contributed by atoms with Crippen LogP contribution in [0, 0.1) is 0 Å². The molecule has 0 unspecified atom stereocenters. The quantitative estimate of drug-likeness (QED) is 0.415. The lowest BCUT2D eigenvalue weighted by Gasteiger charge is -2.04. The second kappa shape index (κ2) is 6.71. The molecule has 0 radical (unpaired) electrons. The normalized spacial score (nSPS) is 11.5. The molecule has 0 atom stereocenters. The van der Waals surface area contributed by atoms with Crippen molar-refractivity contribution in [1.29, 1.82) is 0 Å². The van der Waals surface area contributed by atoms with Crippen LogP contribution in [0.4, 0.5) is 5.69 Å². The topological polar surface area (TPSA) is 94.5 Å². The van der Waals surface area contributed by atoms with E-state index in [0.717, 1.165) is 4.47 Å². The number of nitrogens with one attached hydrogen (secondary N) is 1. The number of hydrogen-bond acceptors (Lipinski definition) is 5. The minimum atomic E-state index is -0.795.